The molecule has 26 heavy (non-hydrogen) atoms. The molecule has 0 fully saturated rings. The predicted octanol–water partition coefficient (Wildman–Crippen LogP) is 1.49. The van der Waals surface area contributed by atoms with Crippen LogP contribution >= 0.6 is 0 Å². The summed E-state index contributed by atoms with van der Waals surface area (Å²) in [6.45, 7) is 4.79. The van der Waals surface area contributed by atoms with E-state index < -0.39 is 16.1 Å². The Bertz CT molecular complexity index is 923. The quantitative estimate of drug-likeness (QED) is 0.816. The summed E-state index contributed by atoms with van der Waals surface area (Å²) in [5, 5.41) is 12.4. The minimum Gasteiger partial charge on any atom is -0.360 e. The molecule has 1 amide bonds. The van der Waals surface area contributed by atoms with Gasteiger partial charge in [0.1, 0.15) is 10.6 Å². The highest BCUT2D eigenvalue weighted by molar-refractivity contribution is 7.89. The van der Waals surface area contributed by atoms with E-state index in [1.807, 2.05) is 6.07 Å². The molecule has 0 aliphatic carbocycles. The Kier molecular flexibility index (Phi) is 5.79. The Morgan fingerprint density at radius 2 is 1.96 bits per heavy atom. The number of nitrogens with one attached hydrogen (secondary N) is 1. The molecule has 2 rings (SSSR count). The van der Waals surface area contributed by atoms with Gasteiger partial charge in [-0.2, -0.15) is 9.98 Å². The van der Waals surface area contributed by atoms with Crippen molar-refractivity contribution in [3.8, 4) is 6.07 Å². The molecule has 0 bridgehead atoms. The van der Waals surface area contributed by atoms with Crippen molar-refractivity contribution >= 4 is 15.9 Å². The molecule has 0 saturated heterocycles. The summed E-state index contributed by atoms with van der Waals surface area (Å²) in [4.78, 5) is 13.9. The van der Waals surface area contributed by atoms with Crippen LogP contribution in [0.3, 0.4) is 0 Å². The number of amides is 1. The van der Waals surface area contributed by atoms with Crippen molar-refractivity contribution in [2.45, 2.75) is 38.3 Å². The summed E-state index contributed by atoms with van der Waals surface area (Å²) in [5.41, 5.74) is 1.60. The third-order valence-corrected chi connectivity index (χ3v) is 5.60. The Hall–Kier alpha value is -2.70. The lowest BCUT2D eigenvalue weighted by Gasteiger charge is -2.22. The predicted molar refractivity (Wildman–Crippen MR) is 93.4 cm³/mol. The van der Waals surface area contributed by atoms with Gasteiger partial charge >= 0.3 is 0 Å². The molecular weight excluding hydrogens is 356 g/mol. The topological polar surface area (TPSA) is 116 Å². The molecule has 0 saturated carbocycles. The standard InChI is InChI=1S/C17H20N4O4S/c1-11-16(13(3)25-19-11)26(23,24)20-12(2)17(22)21(4)10-15-7-5-14(9-18)6-8-15/h5-8,12,20H,10H2,1-4H3/t12-/m0/s1. The summed E-state index contributed by atoms with van der Waals surface area (Å²) in [6.07, 6.45) is 0. The van der Waals surface area contributed by atoms with Gasteiger partial charge in [0, 0.05) is 13.6 Å². The molecule has 0 aliphatic heterocycles. The molecule has 0 unspecified atom stereocenters. The third kappa shape index (κ3) is 4.28. The van der Waals surface area contributed by atoms with Crippen LogP contribution in [0.5, 0.6) is 0 Å². The summed E-state index contributed by atoms with van der Waals surface area (Å²) in [5.74, 6) is -0.217. The van der Waals surface area contributed by atoms with E-state index in [-0.39, 0.29) is 22.3 Å². The first-order chi connectivity index (χ1) is 12.2. The zero-order valence-electron chi connectivity index (χ0n) is 15.0. The van der Waals surface area contributed by atoms with Crippen molar-refractivity contribution in [3.05, 3.63) is 46.8 Å². The highest BCUT2D eigenvalue weighted by Crippen LogP contribution is 2.19. The van der Waals surface area contributed by atoms with Crippen LogP contribution in [0.15, 0.2) is 33.7 Å². The smallest absolute Gasteiger partial charge is 0.246 e. The van der Waals surface area contributed by atoms with E-state index in [9.17, 15) is 13.2 Å². The lowest BCUT2D eigenvalue weighted by atomic mass is 10.1. The van der Waals surface area contributed by atoms with Gasteiger partial charge < -0.3 is 9.42 Å². The maximum atomic E-state index is 12.5. The molecule has 1 aromatic heterocycles. The number of likely N-dealkylation sites (N-methyl/N-ethyl adjacent to an activating group) is 1. The summed E-state index contributed by atoms with van der Waals surface area (Å²) in [6, 6.07) is 7.90. The molecule has 9 heteroatoms. The van der Waals surface area contributed by atoms with Crippen molar-refractivity contribution in [1.29, 1.82) is 5.26 Å². The van der Waals surface area contributed by atoms with Gasteiger partial charge in [0.25, 0.3) is 0 Å². The molecule has 1 heterocycles. The van der Waals surface area contributed by atoms with Crippen LogP contribution in [0.25, 0.3) is 0 Å². The number of aromatic nitrogens is 1. The van der Waals surface area contributed by atoms with Crippen LogP contribution in [-0.4, -0.2) is 37.5 Å². The molecule has 0 aliphatic rings. The summed E-state index contributed by atoms with van der Waals surface area (Å²) < 4.78 is 32.2. The Morgan fingerprint density at radius 3 is 2.46 bits per heavy atom. The second-order valence-corrected chi connectivity index (χ2v) is 7.65. The van der Waals surface area contributed by atoms with Gasteiger partial charge in [-0.15, -0.1) is 0 Å². The fraction of sp³-hybridized carbons (Fsp3) is 0.353. The van der Waals surface area contributed by atoms with Crippen LogP contribution in [0.2, 0.25) is 0 Å². The second kappa shape index (κ2) is 7.68. The average Bonchev–Trinajstić information content (AvgIpc) is 2.93. The minimum absolute atomic E-state index is 0.0492. The largest absolute Gasteiger partial charge is 0.360 e. The molecule has 0 spiro atoms. The van der Waals surface area contributed by atoms with Crippen molar-refractivity contribution < 1.29 is 17.7 Å². The second-order valence-electron chi connectivity index (χ2n) is 6.00. The number of rotatable bonds is 6. The lowest BCUT2D eigenvalue weighted by molar-refractivity contribution is -0.131. The van der Waals surface area contributed by atoms with Crippen molar-refractivity contribution in [1.82, 2.24) is 14.8 Å². The number of hydrogen-bond donors (Lipinski definition) is 1. The normalized spacial score (nSPS) is 12.4. The molecule has 8 nitrogen and oxygen atoms in total. The van der Waals surface area contributed by atoms with E-state index in [0.29, 0.717) is 12.1 Å². The zero-order valence-corrected chi connectivity index (χ0v) is 15.8. The number of hydrogen-bond acceptors (Lipinski definition) is 6. The summed E-state index contributed by atoms with van der Waals surface area (Å²) in [7, 11) is -2.34. The van der Waals surface area contributed by atoms with E-state index in [1.165, 1.54) is 25.7 Å². The first-order valence-electron chi connectivity index (χ1n) is 7.85. The number of aryl methyl sites for hydroxylation is 2. The fourth-order valence-electron chi connectivity index (χ4n) is 2.57. The average molecular weight is 376 g/mol. The fourth-order valence-corrected chi connectivity index (χ4v) is 4.09. The SMILES string of the molecule is Cc1noc(C)c1S(=O)(=O)N[C@@H](C)C(=O)N(C)Cc1ccc(C#N)cc1. The van der Waals surface area contributed by atoms with Crippen LogP contribution < -0.4 is 4.72 Å². The lowest BCUT2D eigenvalue weighted by Crippen LogP contribution is -2.45. The van der Waals surface area contributed by atoms with E-state index in [2.05, 4.69) is 9.88 Å². The van der Waals surface area contributed by atoms with Gasteiger partial charge in [-0.3, -0.25) is 4.79 Å². The number of nitrogens with zero attached hydrogens (tertiary/aromatic N) is 3. The first-order valence-corrected chi connectivity index (χ1v) is 9.33. The minimum atomic E-state index is -3.93. The van der Waals surface area contributed by atoms with Crippen LogP contribution in [0, 0.1) is 25.2 Å². The highest BCUT2D eigenvalue weighted by atomic mass is 32.2. The van der Waals surface area contributed by atoms with E-state index >= 15 is 0 Å². The highest BCUT2D eigenvalue weighted by Gasteiger charge is 2.29. The van der Waals surface area contributed by atoms with Crippen molar-refractivity contribution in [2.75, 3.05) is 7.05 Å². The summed E-state index contributed by atoms with van der Waals surface area (Å²) >= 11 is 0. The van der Waals surface area contributed by atoms with Gasteiger partial charge in [0.15, 0.2) is 5.76 Å². The molecule has 1 atom stereocenters. The maximum absolute atomic E-state index is 12.5. The number of nitriles is 1. The van der Waals surface area contributed by atoms with Gasteiger partial charge in [-0.05, 0) is 38.5 Å². The van der Waals surface area contributed by atoms with Crippen molar-refractivity contribution in [2.24, 2.45) is 0 Å². The van der Waals surface area contributed by atoms with Crippen LogP contribution in [-0.2, 0) is 21.4 Å². The van der Waals surface area contributed by atoms with Gasteiger partial charge in [-0.25, -0.2) is 8.42 Å². The van der Waals surface area contributed by atoms with E-state index in [4.69, 9.17) is 9.78 Å². The van der Waals surface area contributed by atoms with Crippen molar-refractivity contribution in [3.63, 3.8) is 0 Å². The Balaban J connectivity index is 2.07. The van der Waals surface area contributed by atoms with Crippen LogP contribution in [0.1, 0.15) is 29.5 Å². The number of carbonyl (C=O) groups excluding carboxylic acids is 1. The van der Waals surface area contributed by atoms with Gasteiger partial charge in [-0.1, -0.05) is 17.3 Å². The van der Waals surface area contributed by atoms with Gasteiger partial charge in [0.05, 0.1) is 17.7 Å². The Labute approximate surface area is 152 Å². The maximum Gasteiger partial charge on any atom is 0.246 e. The molecule has 0 radical (unpaired) electrons. The molecular formula is C17H20N4O4S. The first kappa shape index (κ1) is 19.6. The number of benzene rings is 1. The molecule has 1 aromatic carbocycles. The third-order valence-electron chi connectivity index (χ3n) is 3.82. The number of sulfonamides is 1. The monoisotopic (exact) mass is 376 g/mol. The van der Waals surface area contributed by atoms with Crippen LogP contribution in [0.4, 0.5) is 0 Å². The van der Waals surface area contributed by atoms with Gasteiger partial charge in [0.2, 0.25) is 15.9 Å². The van der Waals surface area contributed by atoms with E-state index in [0.717, 1.165) is 5.56 Å². The molecule has 1 N–H and O–H groups in total. The molecule has 2 aromatic rings. The number of carbonyl (C=O) groups is 1. The molecule has 138 valence electrons. The Morgan fingerprint density at radius 1 is 1.35 bits per heavy atom. The van der Waals surface area contributed by atoms with E-state index in [1.54, 1.807) is 31.3 Å². The zero-order chi connectivity index (χ0) is 19.5.